The van der Waals surface area contributed by atoms with Crippen molar-refractivity contribution >= 4 is 17.1 Å². The molecule has 4 rings (SSSR count). The molecule has 0 unspecified atom stereocenters. The van der Waals surface area contributed by atoms with Crippen molar-refractivity contribution < 1.29 is 4.42 Å². The van der Waals surface area contributed by atoms with Gasteiger partial charge in [-0.05, 0) is 18.6 Å². The number of benzene rings is 1. The summed E-state index contributed by atoms with van der Waals surface area (Å²) in [5.41, 5.74) is 1.83. The van der Waals surface area contributed by atoms with E-state index in [2.05, 4.69) is 15.2 Å². The van der Waals surface area contributed by atoms with Gasteiger partial charge in [0.05, 0.1) is 0 Å². The highest BCUT2D eigenvalue weighted by atomic mass is 16.4. The number of hydrogen-bond donors (Lipinski definition) is 1. The van der Waals surface area contributed by atoms with E-state index >= 15 is 0 Å². The lowest BCUT2D eigenvalue weighted by Crippen LogP contribution is -2.43. The van der Waals surface area contributed by atoms with Gasteiger partial charge in [0.1, 0.15) is 5.52 Å². The quantitative estimate of drug-likeness (QED) is 0.780. The van der Waals surface area contributed by atoms with Crippen molar-refractivity contribution in [2.75, 3.05) is 18.0 Å². The molecule has 0 amide bonds. The standard InChI is InChI=1S/C12H13N3O/c1-2-4-11-10(3-1)14-12(16-11)15-7-8-5-9(15)6-13-8/h1-4,8-9,13H,5-7H2/t8-,9-/m0/s1. The number of nitrogens with one attached hydrogen (secondary N) is 1. The van der Waals surface area contributed by atoms with Crippen LogP contribution in [0.2, 0.25) is 0 Å². The molecule has 0 radical (unpaired) electrons. The van der Waals surface area contributed by atoms with Crippen molar-refractivity contribution in [1.29, 1.82) is 0 Å². The van der Waals surface area contributed by atoms with Gasteiger partial charge >= 0.3 is 0 Å². The largest absolute Gasteiger partial charge is 0.423 e. The Balaban J connectivity index is 1.76. The summed E-state index contributed by atoms with van der Waals surface area (Å²) in [5.74, 6) is 0. The second-order valence-corrected chi connectivity index (χ2v) is 4.61. The van der Waals surface area contributed by atoms with E-state index in [9.17, 15) is 0 Å². The zero-order chi connectivity index (χ0) is 10.5. The molecule has 2 aliphatic heterocycles. The van der Waals surface area contributed by atoms with Gasteiger partial charge < -0.3 is 14.6 Å². The number of hydrogen-bond acceptors (Lipinski definition) is 4. The number of piperazine rings is 1. The predicted octanol–water partition coefficient (Wildman–Crippen LogP) is 1.38. The van der Waals surface area contributed by atoms with Gasteiger partial charge in [-0.15, -0.1) is 0 Å². The average Bonchev–Trinajstić information content (AvgIpc) is 3.02. The molecule has 16 heavy (non-hydrogen) atoms. The third kappa shape index (κ3) is 1.10. The summed E-state index contributed by atoms with van der Waals surface area (Å²) in [6, 6.07) is 9.92. The summed E-state index contributed by atoms with van der Waals surface area (Å²) in [7, 11) is 0. The van der Waals surface area contributed by atoms with Crippen molar-refractivity contribution in [3.05, 3.63) is 24.3 Å². The van der Waals surface area contributed by atoms with Crippen LogP contribution in [0.4, 0.5) is 6.01 Å². The predicted molar refractivity (Wildman–Crippen MR) is 61.6 cm³/mol. The van der Waals surface area contributed by atoms with Crippen LogP contribution in [-0.4, -0.2) is 30.2 Å². The molecule has 1 aromatic heterocycles. The molecular formula is C12H13N3O. The molecule has 2 bridgehead atoms. The van der Waals surface area contributed by atoms with E-state index in [1.165, 1.54) is 6.42 Å². The van der Waals surface area contributed by atoms with Gasteiger partial charge in [-0.1, -0.05) is 12.1 Å². The van der Waals surface area contributed by atoms with Gasteiger partial charge in [-0.25, -0.2) is 0 Å². The van der Waals surface area contributed by atoms with Crippen LogP contribution in [0, 0.1) is 0 Å². The van der Waals surface area contributed by atoms with Crippen molar-refractivity contribution in [1.82, 2.24) is 10.3 Å². The van der Waals surface area contributed by atoms with E-state index in [0.29, 0.717) is 12.1 Å². The molecule has 1 N–H and O–H groups in total. The highest BCUT2D eigenvalue weighted by Crippen LogP contribution is 2.30. The molecule has 3 heterocycles. The molecule has 0 aliphatic carbocycles. The lowest BCUT2D eigenvalue weighted by atomic mass is 10.2. The fourth-order valence-electron chi connectivity index (χ4n) is 2.78. The molecular weight excluding hydrogens is 202 g/mol. The first-order chi connectivity index (χ1) is 7.90. The minimum Gasteiger partial charge on any atom is -0.423 e. The number of aromatic nitrogens is 1. The van der Waals surface area contributed by atoms with Gasteiger partial charge in [0.15, 0.2) is 5.58 Å². The smallest absolute Gasteiger partial charge is 0.298 e. The summed E-state index contributed by atoms with van der Waals surface area (Å²) in [6.07, 6.45) is 1.22. The Bertz CT molecular complexity index is 503. The summed E-state index contributed by atoms with van der Waals surface area (Å²) < 4.78 is 5.79. The monoisotopic (exact) mass is 215 g/mol. The molecule has 0 spiro atoms. The highest BCUT2D eigenvalue weighted by Gasteiger charge is 2.39. The zero-order valence-electron chi connectivity index (χ0n) is 8.89. The number of anilines is 1. The molecule has 2 saturated heterocycles. The molecule has 2 atom stereocenters. The van der Waals surface area contributed by atoms with E-state index in [1.807, 2.05) is 24.3 Å². The van der Waals surface area contributed by atoms with E-state index in [4.69, 9.17) is 4.42 Å². The Morgan fingerprint density at radius 1 is 1.38 bits per heavy atom. The summed E-state index contributed by atoms with van der Waals surface area (Å²) in [6.45, 7) is 2.08. The van der Waals surface area contributed by atoms with Crippen LogP contribution in [0.25, 0.3) is 11.1 Å². The number of rotatable bonds is 1. The third-order valence-corrected chi connectivity index (χ3v) is 3.58. The first kappa shape index (κ1) is 8.58. The molecule has 4 nitrogen and oxygen atoms in total. The van der Waals surface area contributed by atoms with E-state index < -0.39 is 0 Å². The van der Waals surface area contributed by atoms with Crippen LogP contribution < -0.4 is 10.2 Å². The Labute approximate surface area is 93.2 Å². The van der Waals surface area contributed by atoms with Gasteiger partial charge in [-0.2, -0.15) is 4.98 Å². The van der Waals surface area contributed by atoms with Crippen molar-refractivity contribution in [2.45, 2.75) is 18.5 Å². The van der Waals surface area contributed by atoms with Crippen molar-refractivity contribution in [3.8, 4) is 0 Å². The maximum absolute atomic E-state index is 5.79. The molecule has 4 heteroatoms. The van der Waals surface area contributed by atoms with Gasteiger partial charge in [0.25, 0.3) is 6.01 Å². The SMILES string of the molecule is c1ccc2oc(N3C[C@@H]4C[C@H]3CN4)nc2c1. The number of oxazole rings is 1. The van der Waals surface area contributed by atoms with Crippen LogP contribution in [0.3, 0.4) is 0 Å². The van der Waals surface area contributed by atoms with Crippen LogP contribution in [0.15, 0.2) is 28.7 Å². The Morgan fingerprint density at radius 2 is 2.31 bits per heavy atom. The summed E-state index contributed by atoms with van der Waals surface area (Å²) >= 11 is 0. The van der Waals surface area contributed by atoms with E-state index in [-0.39, 0.29) is 0 Å². The van der Waals surface area contributed by atoms with Gasteiger partial charge in [-0.3, -0.25) is 0 Å². The maximum atomic E-state index is 5.79. The third-order valence-electron chi connectivity index (χ3n) is 3.58. The van der Waals surface area contributed by atoms with Crippen molar-refractivity contribution in [3.63, 3.8) is 0 Å². The number of fused-ring (bicyclic) bond motifs is 3. The van der Waals surface area contributed by atoms with Crippen LogP contribution in [-0.2, 0) is 0 Å². The zero-order valence-corrected chi connectivity index (χ0v) is 8.89. The molecule has 1 aromatic carbocycles. The molecule has 2 aromatic rings. The molecule has 0 saturated carbocycles. The van der Waals surface area contributed by atoms with Crippen LogP contribution in [0.1, 0.15) is 6.42 Å². The fourth-order valence-corrected chi connectivity index (χ4v) is 2.78. The Morgan fingerprint density at radius 3 is 3.06 bits per heavy atom. The van der Waals surface area contributed by atoms with Gasteiger partial charge in [0.2, 0.25) is 0 Å². The minimum atomic E-state index is 0.568. The van der Waals surface area contributed by atoms with E-state index in [1.54, 1.807) is 0 Å². The summed E-state index contributed by atoms with van der Waals surface area (Å²) in [4.78, 5) is 6.84. The summed E-state index contributed by atoms with van der Waals surface area (Å²) in [5, 5.41) is 3.48. The highest BCUT2D eigenvalue weighted by molar-refractivity contribution is 5.74. The lowest BCUT2D eigenvalue weighted by molar-refractivity contribution is 0.514. The minimum absolute atomic E-state index is 0.568. The number of nitrogens with zero attached hydrogens (tertiary/aromatic N) is 2. The average molecular weight is 215 g/mol. The molecule has 82 valence electrons. The Hall–Kier alpha value is -1.55. The lowest BCUT2D eigenvalue weighted by Gasteiger charge is -2.25. The Kier molecular flexibility index (Phi) is 1.60. The molecule has 2 fully saturated rings. The van der Waals surface area contributed by atoms with Crippen molar-refractivity contribution in [2.24, 2.45) is 0 Å². The van der Waals surface area contributed by atoms with Crippen LogP contribution in [0.5, 0.6) is 0 Å². The molecule has 2 aliphatic rings. The van der Waals surface area contributed by atoms with Crippen LogP contribution >= 0.6 is 0 Å². The maximum Gasteiger partial charge on any atom is 0.298 e. The second kappa shape index (κ2) is 2.98. The fraction of sp³-hybridized carbons (Fsp3) is 0.417. The first-order valence-corrected chi connectivity index (χ1v) is 5.76. The topological polar surface area (TPSA) is 41.3 Å². The normalized spacial score (nSPS) is 28.1. The second-order valence-electron chi connectivity index (χ2n) is 4.61. The van der Waals surface area contributed by atoms with E-state index in [0.717, 1.165) is 30.2 Å². The van der Waals surface area contributed by atoms with Gasteiger partial charge in [0, 0.05) is 25.2 Å². The first-order valence-electron chi connectivity index (χ1n) is 5.76. The number of para-hydroxylation sites is 2.